The first kappa shape index (κ1) is 56.8. The molecule has 0 aliphatic carbocycles. The lowest BCUT2D eigenvalue weighted by Gasteiger charge is -2.21. The maximum atomic E-state index is 14.5. The second-order valence-electron chi connectivity index (χ2n) is 18.2. The Bertz CT molecular complexity index is 3990. The van der Waals surface area contributed by atoms with E-state index in [2.05, 4.69) is 58.1 Å². The van der Waals surface area contributed by atoms with Gasteiger partial charge in [0.2, 0.25) is 11.0 Å². The largest absolute Gasteiger partial charge is 0.506 e. The maximum Gasteiger partial charge on any atom is 0.335 e. The molecule has 0 saturated heterocycles. The predicted octanol–water partition coefficient (Wildman–Crippen LogP) is 4.88. The standard InChI is InChI=1S/C51H43N13O12S6/c1-5-23-46-60-28(14-79-46)41(70)56-25-10-33(67)50(74)76-11-21-7-6-8-24-34(21)18(2)35(54-24)51(75)82-17-31(57-42(71)29-15-80-47(25)61-29)48-58-26(12-78-48)37-22(45-59-30(13-77-45)43(72)64-36(20(4)65)44(73)55-23)9-32(66)38(63-37)49-62-27(16-81-49)40(69)53-19(3)39(52)68/h5-9,12-16,20,25,31,33,36,54,65-67H,3,10-11,17H2,1-2,4H3,(H2,52,68)(H,53,69)(H,55,73)(H,56,70)(H,57,71)(H,64,72)/b23-5-/t20-,25+,31-,33-,36+/m1/s1. The van der Waals surface area contributed by atoms with E-state index in [-0.39, 0.29) is 99.9 Å². The van der Waals surface area contributed by atoms with Gasteiger partial charge in [0, 0.05) is 55.5 Å². The summed E-state index contributed by atoms with van der Waals surface area (Å²) >= 11 is 5.73. The number of primary amides is 1. The number of carbonyl (C=O) groups excluding carboxylic acids is 8. The van der Waals surface area contributed by atoms with Crippen LogP contribution < -0.4 is 32.3 Å². The van der Waals surface area contributed by atoms with Gasteiger partial charge in [0.25, 0.3) is 29.5 Å². The van der Waals surface area contributed by atoms with Crippen molar-refractivity contribution in [2.75, 3.05) is 5.75 Å². The number of H-pyrrole nitrogens is 1. The molecular formula is C51H43N13O12S6. The highest BCUT2D eigenvalue weighted by atomic mass is 32.2. The normalized spacial score (nSPS) is 19.2. The molecule has 7 aromatic heterocycles. The zero-order valence-corrected chi connectivity index (χ0v) is 47.6. The second-order valence-corrected chi connectivity index (χ2v) is 23.5. The number of nitrogens with two attached hydrogens (primary N) is 1. The van der Waals surface area contributed by atoms with Crippen molar-refractivity contribution < 1.29 is 58.4 Å². The number of thiazole rings is 5. The summed E-state index contributed by atoms with van der Waals surface area (Å²) in [6, 6.07) is 2.64. The Balaban J connectivity index is 1.11. The molecule has 31 heteroatoms. The topological polar surface area (TPSA) is 386 Å². The number of aliphatic hydroxyl groups is 2. The van der Waals surface area contributed by atoms with Crippen LogP contribution >= 0.6 is 68.4 Å². The van der Waals surface area contributed by atoms with Gasteiger partial charge in [0.15, 0.2) is 6.10 Å². The number of nitrogens with one attached hydrogen (secondary N) is 6. The third-order valence-electron chi connectivity index (χ3n) is 12.6. The van der Waals surface area contributed by atoms with Crippen LogP contribution in [0.3, 0.4) is 0 Å². The number of fused-ring (bicyclic) bond motifs is 13. The number of ether oxygens (including phenoxy) is 1. The fraction of sp³-hybridized carbons (Fsp3) is 0.216. The fourth-order valence-corrected chi connectivity index (χ4v) is 13.6. The lowest BCUT2D eigenvalue weighted by atomic mass is 10.1. The lowest BCUT2D eigenvalue weighted by molar-refractivity contribution is -0.155. The number of aromatic hydroxyl groups is 1. The molecule has 11 N–H and O–H groups in total. The van der Waals surface area contributed by atoms with Crippen LogP contribution in [0.4, 0.5) is 0 Å². The molecule has 5 atom stereocenters. The Morgan fingerprint density at radius 1 is 0.817 bits per heavy atom. The average Bonchev–Trinajstić information content (AvgIpc) is 4.37. The number of aryl methyl sites for hydroxylation is 1. The Labute approximate surface area is 486 Å². The van der Waals surface area contributed by atoms with Crippen molar-refractivity contribution in [2.45, 2.75) is 64.1 Å². The van der Waals surface area contributed by atoms with E-state index in [0.717, 1.165) is 68.4 Å². The number of rotatable bonds is 5. The Kier molecular flexibility index (Phi) is 16.3. The number of nitrogens with zero attached hydrogens (tertiary/aromatic N) is 6. The summed E-state index contributed by atoms with van der Waals surface area (Å²) in [6.07, 6.45) is -2.29. The summed E-state index contributed by atoms with van der Waals surface area (Å²) in [5.74, 6) is -6.66. The van der Waals surface area contributed by atoms with Crippen LogP contribution in [-0.4, -0.2) is 121 Å². The number of hydrogen-bond donors (Lipinski definition) is 10. The Morgan fingerprint density at radius 2 is 1.45 bits per heavy atom. The number of carbonyl (C=O) groups is 8. The van der Waals surface area contributed by atoms with Crippen LogP contribution in [0.2, 0.25) is 0 Å². The van der Waals surface area contributed by atoms with Crippen LogP contribution in [0.25, 0.3) is 49.3 Å². The molecule has 9 heterocycles. The molecular weight excluding hydrogens is 1180 g/mol. The van der Waals surface area contributed by atoms with E-state index in [1.165, 1.54) is 40.6 Å². The predicted molar refractivity (Wildman–Crippen MR) is 305 cm³/mol. The van der Waals surface area contributed by atoms with Crippen LogP contribution in [0.1, 0.15) is 111 Å². The summed E-state index contributed by atoms with van der Waals surface area (Å²) in [5.41, 5.74) is 6.39. The highest BCUT2D eigenvalue weighted by molar-refractivity contribution is 8.14. The number of aromatic nitrogens is 7. The third kappa shape index (κ3) is 11.7. The number of pyridine rings is 1. The number of esters is 1. The van der Waals surface area contributed by atoms with Crippen molar-refractivity contribution in [1.29, 1.82) is 0 Å². The molecule has 12 bridgehead atoms. The van der Waals surface area contributed by atoms with Gasteiger partial charge < -0.3 is 57.4 Å². The van der Waals surface area contributed by atoms with Gasteiger partial charge in [-0.25, -0.2) is 34.7 Å². The zero-order valence-electron chi connectivity index (χ0n) is 42.7. The van der Waals surface area contributed by atoms with Crippen LogP contribution in [0, 0.1) is 6.92 Å². The average molecular weight is 1220 g/mol. The van der Waals surface area contributed by atoms with Crippen molar-refractivity contribution in [1.82, 2.24) is 61.5 Å². The molecule has 0 fully saturated rings. The highest BCUT2D eigenvalue weighted by Crippen LogP contribution is 2.42. The summed E-state index contributed by atoms with van der Waals surface area (Å²) in [6.45, 7) is 7.74. The quantitative estimate of drug-likeness (QED) is 0.0810. The molecule has 2 aliphatic heterocycles. The van der Waals surface area contributed by atoms with E-state index < -0.39 is 89.0 Å². The van der Waals surface area contributed by atoms with Crippen LogP contribution in [0.15, 0.2) is 69.5 Å². The molecule has 0 unspecified atom stereocenters. The fourth-order valence-electron chi connectivity index (χ4n) is 8.44. The summed E-state index contributed by atoms with van der Waals surface area (Å²) < 4.78 is 5.63. The van der Waals surface area contributed by atoms with Crippen molar-refractivity contribution in [3.8, 4) is 38.4 Å². The number of cyclic esters (lactones) is 1. The molecule has 2 aliphatic rings. The van der Waals surface area contributed by atoms with Gasteiger partial charge in [-0.05, 0) is 44.0 Å². The first-order valence-corrected chi connectivity index (χ1v) is 29.7. The molecule has 10 rings (SSSR count). The number of thioether (sulfide) groups is 1. The van der Waals surface area contributed by atoms with Gasteiger partial charge in [-0.3, -0.25) is 33.6 Å². The van der Waals surface area contributed by atoms with Gasteiger partial charge >= 0.3 is 5.97 Å². The number of hydrogen-bond acceptors (Lipinski definition) is 24. The van der Waals surface area contributed by atoms with Crippen molar-refractivity contribution in [3.63, 3.8) is 0 Å². The molecule has 0 saturated carbocycles. The van der Waals surface area contributed by atoms with Crippen LogP contribution in [-0.2, 0) is 25.7 Å². The number of aromatic amines is 1. The summed E-state index contributed by atoms with van der Waals surface area (Å²) in [4.78, 5) is 140. The minimum atomic E-state index is -1.84. The van der Waals surface area contributed by atoms with E-state index in [1.54, 1.807) is 37.4 Å². The van der Waals surface area contributed by atoms with E-state index in [0.29, 0.717) is 22.0 Å². The lowest BCUT2D eigenvalue weighted by Crippen LogP contribution is -2.52. The summed E-state index contributed by atoms with van der Waals surface area (Å²) in [5, 5.41) is 55.1. The van der Waals surface area contributed by atoms with Crippen molar-refractivity contribution in [2.24, 2.45) is 5.73 Å². The molecule has 420 valence electrons. The second kappa shape index (κ2) is 23.6. The van der Waals surface area contributed by atoms with Crippen molar-refractivity contribution in [3.05, 3.63) is 124 Å². The number of allylic oxidation sites excluding steroid dienone is 1. The van der Waals surface area contributed by atoms with Gasteiger partial charge in [-0.15, -0.1) is 56.7 Å². The molecule has 8 aromatic rings. The van der Waals surface area contributed by atoms with E-state index in [9.17, 15) is 53.7 Å². The SMILES string of the molecule is C=C(NC(=O)c1csc(-c2nc3c(cc2O)-c2nc(cs2)C(=O)N[C@@H]([C@@H](C)O)C(=O)N/C(=C\C)c2nc(cs2)C(=O)N[C@H]2C[C@@H](O)C(=O)OCc4cccc5[nH]c(c(C)c45)C(=O)SC[C@@H](NC(=O)c4csc2n4)c2nc-3cs2)n1)C(N)=O. The zero-order chi connectivity index (χ0) is 58.3. The van der Waals surface area contributed by atoms with Gasteiger partial charge in [-0.1, -0.05) is 36.5 Å². The maximum absolute atomic E-state index is 14.5. The van der Waals surface area contributed by atoms with E-state index in [1.807, 2.05) is 0 Å². The number of aliphatic hydroxyl groups excluding tert-OH is 2. The Hall–Kier alpha value is -8.43. The van der Waals surface area contributed by atoms with Gasteiger partial charge in [-0.2, -0.15) is 0 Å². The van der Waals surface area contributed by atoms with E-state index in [4.69, 9.17) is 20.4 Å². The number of amides is 6. The van der Waals surface area contributed by atoms with Crippen LogP contribution in [0.5, 0.6) is 5.75 Å². The molecule has 1 aromatic carbocycles. The summed E-state index contributed by atoms with van der Waals surface area (Å²) in [7, 11) is 0. The first-order valence-electron chi connectivity index (χ1n) is 24.3. The third-order valence-corrected chi connectivity index (χ3v) is 18.1. The van der Waals surface area contributed by atoms with E-state index >= 15 is 0 Å². The smallest absolute Gasteiger partial charge is 0.335 e. The minimum absolute atomic E-state index is 0.0405. The monoisotopic (exact) mass is 1220 g/mol. The van der Waals surface area contributed by atoms with Gasteiger partial charge in [0.1, 0.15) is 83.3 Å². The number of benzene rings is 1. The molecule has 0 radical (unpaired) electrons. The van der Waals surface area contributed by atoms with Gasteiger partial charge in [0.05, 0.1) is 35.3 Å². The van der Waals surface area contributed by atoms with Crippen molar-refractivity contribution >= 4 is 132 Å². The Morgan fingerprint density at radius 3 is 2.17 bits per heavy atom. The molecule has 82 heavy (non-hydrogen) atoms. The first-order chi connectivity index (χ1) is 39.2. The minimum Gasteiger partial charge on any atom is -0.506 e. The highest BCUT2D eigenvalue weighted by Gasteiger charge is 2.33. The molecule has 6 amide bonds. The molecule has 0 spiro atoms. The molecule has 25 nitrogen and oxygen atoms in total.